The number of anilines is 1. The van der Waals surface area contributed by atoms with Gasteiger partial charge in [-0.1, -0.05) is 0 Å². The largest absolute Gasteiger partial charge is 0.396 e. The monoisotopic (exact) mass is 317 g/mol. The summed E-state index contributed by atoms with van der Waals surface area (Å²) >= 11 is 0. The van der Waals surface area contributed by atoms with E-state index in [0.29, 0.717) is 24.6 Å². The van der Waals surface area contributed by atoms with Gasteiger partial charge in [-0.25, -0.2) is 20.2 Å². The fourth-order valence-corrected chi connectivity index (χ4v) is 2.41. The van der Waals surface area contributed by atoms with Crippen molar-refractivity contribution in [3.63, 3.8) is 0 Å². The van der Waals surface area contributed by atoms with E-state index in [4.69, 9.17) is 5.84 Å². The van der Waals surface area contributed by atoms with Gasteiger partial charge in [0, 0.05) is 37.2 Å². The van der Waals surface area contributed by atoms with Crippen molar-refractivity contribution >= 4 is 5.82 Å². The molecule has 3 aromatic heterocycles. The number of aromatic nitrogens is 5. The van der Waals surface area contributed by atoms with Gasteiger partial charge in [0.25, 0.3) is 0 Å². The summed E-state index contributed by atoms with van der Waals surface area (Å²) in [5.41, 5.74) is 4.19. The van der Waals surface area contributed by atoms with Gasteiger partial charge in [-0.05, 0) is 12.1 Å². The average molecular weight is 317 g/mol. The molecule has 9 heteroatoms. The van der Waals surface area contributed by atoms with Gasteiger partial charge < -0.3 is 15.1 Å². The number of hydrogen-bond acceptors (Lipinski definition) is 6. The Bertz CT molecular complexity index is 798. The number of pyridine rings is 1. The summed E-state index contributed by atoms with van der Waals surface area (Å²) < 4.78 is 15.7. The summed E-state index contributed by atoms with van der Waals surface area (Å²) in [4.78, 5) is 8.23. The Kier molecular flexibility index (Phi) is 4.31. The van der Waals surface area contributed by atoms with E-state index in [0.717, 1.165) is 11.3 Å². The smallest absolute Gasteiger partial charge is 0.165 e. The zero-order chi connectivity index (χ0) is 16.2. The second-order valence-corrected chi connectivity index (χ2v) is 4.86. The van der Waals surface area contributed by atoms with E-state index in [1.54, 1.807) is 17.0 Å². The number of aromatic amines is 1. The van der Waals surface area contributed by atoms with E-state index in [9.17, 15) is 9.50 Å². The minimum atomic E-state index is -0.440. The van der Waals surface area contributed by atoms with Crippen molar-refractivity contribution in [3.8, 4) is 11.5 Å². The van der Waals surface area contributed by atoms with Crippen molar-refractivity contribution < 1.29 is 9.50 Å². The lowest BCUT2D eigenvalue weighted by molar-refractivity contribution is 0.299. The summed E-state index contributed by atoms with van der Waals surface area (Å²) in [6.45, 7) is 0.336. The Morgan fingerprint density at radius 1 is 1.35 bits per heavy atom. The number of hydrazine groups is 1. The van der Waals surface area contributed by atoms with Crippen LogP contribution in [-0.2, 0) is 13.0 Å². The molecule has 23 heavy (non-hydrogen) atoms. The lowest BCUT2D eigenvalue weighted by atomic mass is 10.1. The molecule has 0 saturated carbocycles. The first-order valence-corrected chi connectivity index (χ1v) is 7.00. The van der Waals surface area contributed by atoms with Crippen LogP contribution in [0.4, 0.5) is 10.2 Å². The number of imidazole rings is 1. The van der Waals surface area contributed by atoms with Crippen molar-refractivity contribution in [2.24, 2.45) is 5.84 Å². The molecule has 0 aliphatic heterocycles. The van der Waals surface area contributed by atoms with Gasteiger partial charge in [0.15, 0.2) is 17.5 Å². The number of nitrogens with two attached hydrogens (primary N) is 1. The molecule has 0 bridgehead atoms. The molecule has 0 aliphatic rings. The van der Waals surface area contributed by atoms with Crippen molar-refractivity contribution in [2.45, 2.75) is 13.0 Å². The van der Waals surface area contributed by atoms with Crippen molar-refractivity contribution in [2.75, 3.05) is 12.0 Å². The third-order valence-electron chi connectivity index (χ3n) is 3.47. The van der Waals surface area contributed by atoms with Crippen LogP contribution in [0.3, 0.4) is 0 Å². The molecular weight excluding hydrogens is 301 g/mol. The molecule has 5 N–H and O–H groups in total. The zero-order valence-electron chi connectivity index (χ0n) is 12.2. The average Bonchev–Trinajstić information content (AvgIpc) is 3.16. The standard InChI is InChI=1S/C14H16FN7O/c15-10-2-1-4-17-12(10)14-18-5-6-22(14)8-11-9(3-7-23)13(19-16)21-20-11/h1-2,4-6,23H,3,7-8,16H2,(H2,19,20,21). The van der Waals surface area contributed by atoms with Gasteiger partial charge in [0.2, 0.25) is 0 Å². The van der Waals surface area contributed by atoms with E-state index >= 15 is 0 Å². The van der Waals surface area contributed by atoms with Gasteiger partial charge in [0.1, 0.15) is 5.69 Å². The first kappa shape index (κ1) is 15.1. The molecule has 0 fully saturated rings. The van der Waals surface area contributed by atoms with Crippen molar-refractivity contribution in [3.05, 3.63) is 47.8 Å². The molecule has 0 atom stereocenters. The number of nitrogens with one attached hydrogen (secondary N) is 2. The number of aliphatic hydroxyl groups is 1. The molecule has 0 saturated heterocycles. The predicted octanol–water partition coefficient (Wildman–Crippen LogP) is 0.676. The molecule has 0 amide bonds. The SMILES string of the molecule is NNc1n[nH]c(Cn2ccnc2-c2ncccc2F)c1CCO. The molecule has 120 valence electrons. The summed E-state index contributed by atoms with van der Waals surface area (Å²) in [6.07, 6.45) is 5.21. The van der Waals surface area contributed by atoms with Gasteiger partial charge in [-0.15, -0.1) is 0 Å². The number of nitrogen functional groups attached to an aromatic ring is 1. The molecule has 0 unspecified atom stereocenters. The van der Waals surface area contributed by atoms with E-state index in [2.05, 4.69) is 25.6 Å². The topological polar surface area (TPSA) is 118 Å². The van der Waals surface area contributed by atoms with Crippen LogP contribution >= 0.6 is 0 Å². The van der Waals surface area contributed by atoms with Crippen LogP contribution in [0.5, 0.6) is 0 Å². The highest BCUT2D eigenvalue weighted by molar-refractivity contribution is 5.51. The minimum Gasteiger partial charge on any atom is -0.396 e. The number of nitrogens with zero attached hydrogens (tertiary/aromatic N) is 4. The number of aliphatic hydroxyl groups excluding tert-OH is 1. The number of hydrogen-bond donors (Lipinski definition) is 4. The van der Waals surface area contributed by atoms with Crippen LogP contribution in [0.2, 0.25) is 0 Å². The Hall–Kier alpha value is -2.78. The van der Waals surface area contributed by atoms with E-state index in [-0.39, 0.29) is 12.3 Å². The van der Waals surface area contributed by atoms with E-state index in [1.807, 2.05) is 0 Å². The van der Waals surface area contributed by atoms with E-state index < -0.39 is 5.82 Å². The summed E-state index contributed by atoms with van der Waals surface area (Å²) in [5.74, 6) is 5.86. The molecule has 0 radical (unpaired) electrons. The molecule has 3 rings (SSSR count). The molecule has 0 aliphatic carbocycles. The van der Waals surface area contributed by atoms with Crippen LogP contribution in [-0.4, -0.2) is 36.4 Å². The van der Waals surface area contributed by atoms with Crippen LogP contribution in [0.1, 0.15) is 11.3 Å². The summed E-state index contributed by atoms with van der Waals surface area (Å²) in [6, 6.07) is 2.87. The minimum absolute atomic E-state index is 0.0349. The molecule has 8 nitrogen and oxygen atoms in total. The fourth-order valence-electron chi connectivity index (χ4n) is 2.41. The lowest BCUT2D eigenvalue weighted by Crippen LogP contribution is -2.11. The second-order valence-electron chi connectivity index (χ2n) is 4.86. The maximum absolute atomic E-state index is 13.9. The first-order chi connectivity index (χ1) is 11.2. The lowest BCUT2D eigenvalue weighted by Gasteiger charge is -2.09. The quantitative estimate of drug-likeness (QED) is 0.392. The Balaban J connectivity index is 1.95. The Morgan fingerprint density at radius 2 is 2.22 bits per heavy atom. The molecule has 3 aromatic rings. The Morgan fingerprint density at radius 3 is 2.96 bits per heavy atom. The van der Waals surface area contributed by atoms with Crippen LogP contribution < -0.4 is 11.3 Å². The zero-order valence-corrected chi connectivity index (χ0v) is 12.2. The maximum Gasteiger partial charge on any atom is 0.165 e. The normalized spacial score (nSPS) is 10.9. The summed E-state index contributed by atoms with van der Waals surface area (Å²) in [7, 11) is 0. The van der Waals surface area contributed by atoms with Crippen LogP contribution in [0.15, 0.2) is 30.7 Å². The second kappa shape index (κ2) is 6.55. The van der Waals surface area contributed by atoms with Crippen molar-refractivity contribution in [1.29, 1.82) is 0 Å². The highest BCUT2D eigenvalue weighted by Crippen LogP contribution is 2.22. The van der Waals surface area contributed by atoms with Gasteiger partial charge >= 0.3 is 0 Å². The van der Waals surface area contributed by atoms with Gasteiger partial charge in [-0.2, -0.15) is 5.10 Å². The highest BCUT2D eigenvalue weighted by atomic mass is 19.1. The first-order valence-electron chi connectivity index (χ1n) is 7.00. The highest BCUT2D eigenvalue weighted by Gasteiger charge is 2.16. The van der Waals surface area contributed by atoms with Gasteiger partial charge in [0.05, 0.1) is 12.2 Å². The Labute approximate surface area is 131 Å². The molecular formula is C14H16FN7O. The fraction of sp³-hybridized carbons (Fsp3) is 0.214. The maximum atomic E-state index is 13.9. The molecule has 3 heterocycles. The van der Waals surface area contributed by atoms with Crippen LogP contribution in [0.25, 0.3) is 11.5 Å². The number of H-pyrrole nitrogens is 1. The predicted molar refractivity (Wildman–Crippen MR) is 81.7 cm³/mol. The molecule has 0 aromatic carbocycles. The van der Waals surface area contributed by atoms with Crippen LogP contribution in [0, 0.1) is 5.82 Å². The third kappa shape index (κ3) is 2.91. The van der Waals surface area contributed by atoms with E-state index in [1.165, 1.54) is 18.3 Å². The molecule has 0 spiro atoms. The number of rotatable bonds is 6. The van der Waals surface area contributed by atoms with Crippen molar-refractivity contribution in [1.82, 2.24) is 24.7 Å². The third-order valence-corrected chi connectivity index (χ3v) is 3.47. The summed E-state index contributed by atoms with van der Waals surface area (Å²) in [5, 5.41) is 16.1. The number of halogens is 1. The van der Waals surface area contributed by atoms with Gasteiger partial charge in [-0.3, -0.25) is 5.10 Å².